The first-order chi connectivity index (χ1) is 24.6. The van der Waals surface area contributed by atoms with Gasteiger partial charge in [0.1, 0.15) is 24.4 Å². The highest BCUT2D eigenvalue weighted by atomic mass is 16.7. The van der Waals surface area contributed by atoms with Crippen molar-refractivity contribution in [2.24, 2.45) is 11.8 Å². The molecule has 270 valence electrons. The van der Waals surface area contributed by atoms with Crippen LogP contribution in [-0.4, -0.2) is 50.2 Å². The van der Waals surface area contributed by atoms with Crippen LogP contribution in [0, 0.1) is 11.8 Å². The van der Waals surface area contributed by atoms with E-state index in [1.165, 1.54) is 0 Å². The summed E-state index contributed by atoms with van der Waals surface area (Å²) in [4.78, 5) is 0. The van der Waals surface area contributed by atoms with E-state index in [0.717, 1.165) is 11.1 Å². The number of methoxy groups -OCH3 is 2. The van der Waals surface area contributed by atoms with Gasteiger partial charge >= 0.3 is 0 Å². The molecule has 7 rings (SSSR count). The Morgan fingerprint density at radius 1 is 0.549 bits per heavy atom. The van der Waals surface area contributed by atoms with Crippen molar-refractivity contribution >= 4 is 0 Å². The predicted octanol–water partition coefficient (Wildman–Crippen LogP) is 7.25. The van der Waals surface area contributed by atoms with E-state index >= 15 is 0 Å². The summed E-state index contributed by atoms with van der Waals surface area (Å²) in [6, 6.07) is 22.3. The normalized spacial score (nSPS) is 22.6. The highest BCUT2D eigenvalue weighted by Gasteiger charge is 2.41. The van der Waals surface area contributed by atoms with Crippen LogP contribution >= 0.6 is 0 Å². The zero-order valence-corrected chi connectivity index (χ0v) is 29.5. The van der Waals surface area contributed by atoms with E-state index in [0.29, 0.717) is 57.1 Å². The van der Waals surface area contributed by atoms with Gasteiger partial charge < -0.3 is 52.8 Å². The molecule has 0 aromatic heterocycles. The van der Waals surface area contributed by atoms with Gasteiger partial charge in [-0.05, 0) is 96.5 Å². The maximum atomic E-state index is 11.1. The lowest BCUT2D eigenvalue weighted by Gasteiger charge is -2.24. The van der Waals surface area contributed by atoms with Crippen molar-refractivity contribution in [2.75, 3.05) is 27.8 Å². The predicted molar refractivity (Wildman–Crippen MR) is 186 cm³/mol. The molecule has 11 heteroatoms. The number of aliphatic hydroxyl groups is 2. The Hall–Kier alpha value is -4.84. The quantitative estimate of drug-likeness (QED) is 0.155. The number of aliphatic hydroxyl groups excluding tert-OH is 2. The monoisotopic (exact) mass is 700 g/mol. The first-order valence-corrected chi connectivity index (χ1v) is 17.1. The van der Waals surface area contributed by atoms with E-state index in [4.69, 9.17) is 42.6 Å². The maximum absolute atomic E-state index is 11.1. The van der Waals surface area contributed by atoms with E-state index in [2.05, 4.69) is 13.8 Å². The first-order valence-electron chi connectivity index (χ1n) is 17.1. The Bertz CT molecular complexity index is 1730. The molecular weight excluding hydrogens is 656 g/mol. The minimum Gasteiger partial charge on any atom is -0.493 e. The molecule has 0 aliphatic carbocycles. The molecule has 2 N–H and O–H groups in total. The Balaban J connectivity index is 1.03. The van der Waals surface area contributed by atoms with Crippen LogP contribution in [0.2, 0.25) is 0 Å². The van der Waals surface area contributed by atoms with Crippen LogP contribution in [0.3, 0.4) is 0 Å². The van der Waals surface area contributed by atoms with Crippen LogP contribution in [0.25, 0.3) is 0 Å². The summed E-state index contributed by atoms with van der Waals surface area (Å²) >= 11 is 0. The van der Waals surface area contributed by atoms with E-state index in [1.54, 1.807) is 50.6 Å². The zero-order chi connectivity index (χ0) is 35.8. The fourth-order valence-electron chi connectivity index (χ4n) is 6.90. The summed E-state index contributed by atoms with van der Waals surface area (Å²) < 4.78 is 52.4. The highest BCUT2D eigenvalue weighted by Crippen LogP contribution is 2.51. The second kappa shape index (κ2) is 14.4. The Morgan fingerprint density at radius 3 is 1.37 bits per heavy atom. The SMILES string of the molecule is COc1cc([C@H]2O[C@H](c3ccc(OC(C)C(O)c4ccc5c(c4)OCO5)c(OC)c3)[C@H](C)[C@H]2C)ccc1OC(C)C(O)c1ccc2c(c1)OCO2. The Kier molecular flexibility index (Phi) is 9.78. The van der Waals surface area contributed by atoms with Crippen molar-refractivity contribution in [3.8, 4) is 46.0 Å². The fraction of sp³-hybridized carbons (Fsp3) is 0.400. The van der Waals surface area contributed by atoms with Crippen LogP contribution in [0.5, 0.6) is 46.0 Å². The molecule has 0 bridgehead atoms. The summed E-state index contributed by atoms with van der Waals surface area (Å²) in [5.41, 5.74) is 3.26. The molecule has 4 unspecified atom stereocenters. The third-order valence-corrected chi connectivity index (χ3v) is 10.1. The second-order valence-electron chi connectivity index (χ2n) is 13.3. The molecule has 1 fully saturated rings. The van der Waals surface area contributed by atoms with E-state index in [1.807, 2.05) is 50.2 Å². The van der Waals surface area contributed by atoms with Gasteiger partial charge in [-0.25, -0.2) is 0 Å². The largest absolute Gasteiger partial charge is 0.493 e. The molecule has 0 saturated carbocycles. The second-order valence-corrected chi connectivity index (χ2v) is 13.3. The Labute approximate surface area is 297 Å². The molecule has 51 heavy (non-hydrogen) atoms. The highest BCUT2D eigenvalue weighted by molar-refractivity contribution is 5.48. The lowest BCUT2D eigenvalue weighted by Crippen LogP contribution is -2.22. The van der Waals surface area contributed by atoms with Gasteiger partial charge in [0.2, 0.25) is 13.6 Å². The van der Waals surface area contributed by atoms with E-state index in [-0.39, 0.29) is 37.6 Å². The average molecular weight is 701 g/mol. The van der Waals surface area contributed by atoms with Crippen molar-refractivity contribution in [3.63, 3.8) is 0 Å². The van der Waals surface area contributed by atoms with Crippen molar-refractivity contribution in [1.82, 2.24) is 0 Å². The van der Waals surface area contributed by atoms with Gasteiger partial charge in [-0.2, -0.15) is 0 Å². The summed E-state index contributed by atoms with van der Waals surface area (Å²) in [6.07, 6.45) is -3.37. The van der Waals surface area contributed by atoms with Gasteiger partial charge in [-0.3, -0.25) is 0 Å². The van der Waals surface area contributed by atoms with Gasteiger partial charge in [0, 0.05) is 0 Å². The zero-order valence-electron chi connectivity index (χ0n) is 29.5. The molecule has 8 atom stereocenters. The smallest absolute Gasteiger partial charge is 0.231 e. The number of fused-ring (bicyclic) bond motifs is 2. The molecule has 4 aromatic rings. The number of benzene rings is 4. The van der Waals surface area contributed by atoms with Gasteiger partial charge in [-0.15, -0.1) is 0 Å². The van der Waals surface area contributed by atoms with Crippen molar-refractivity contribution in [3.05, 3.63) is 95.1 Å². The summed E-state index contributed by atoms with van der Waals surface area (Å²) in [5, 5.41) is 22.1. The average Bonchev–Trinajstić information content (AvgIpc) is 3.90. The minimum absolute atomic E-state index is 0.165. The molecule has 3 aliphatic rings. The summed E-state index contributed by atoms with van der Waals surface area (Å²) in [5.74, 6) is 4.99. The molecule has 0 spiro atoms. The molecule has 3 heterocycles. The van der Waals surface area contributed by atoms with Crippen molar-refractivity contribution in [1.29, 1.82) is 0 Å². The standard InChI is InChI=1S/C40H44O11/c1-21-22(2)40(28-10-14-32(34(18-28)44-6)50-24(4)38(42)26-8-12-30-36(16-26)48-20-46-30)51-39(21)27-9-13-31(33(17-27)43-5)49-23(3)37(41)25-7-11-29-35(15-25)47-19-45-29/h7-18,21-24,37-42H,19-20H2,1-6H3/t21-,22-,23?,24?,37?,38?,39+,40+/m1/s1. The van der Waals surface area contributed by atoms with Gasteiger partial charge in [0.05, 0.1) is 26.4 Å². The van der Waals surface area contributed by atoms with Crippen LogP contribution in [0.4, 0.5) is 0 Å². The summed E-state index contributed by atoms with van der Waals surface area (Å²) in [7, 11) is 3.19. The van der Waals surface area contributed by atoms with E-state index < -0.39 is 24.4 Å². The molecule has 4 aromatic carbocycles. The fourth-order valence-corrected chi connectivity index (χ4v) is 6.90. The molecule has 0 amide bonds. The molecular formula is C40H44O11. The Morgan fingerprint density at radius 2 is 0.961 bits per heavy atom. The number of ether oxygens (including phenoxy) is 9. The molecule has 0 radical (unpaired) electrons. The third kappa shape index (κ3) is 6.81. The van der Waals surface area contributed by atoms with Crippen LogP contribution < -0.4 is 37.9 Å². The van der Waals surface area contributed by atoms with Crippen molar-refractivity contribution in [2.45, 2.75) is 64.3 Å². The lowest BCUT2D eigenvalue weighted by atomic mass is 9.85. The third-order valence-electron chi connectivity index (χ3n) is 10.1. The van der Waals surface area contributed by atoms with Crippen molar-refractivity contribution < 1.29 is 52.8 Å². The number of rotatable bonds is 12. The molecule has 3 aliphatic heterocycles. The lowest BCUT2D eigenvalue weighted by molar-refractivity contribution is 0.0281. The van der Waals surface area contributed by atoms with E-state index in [9.17, 15) is 10.2 Å². The van der Waals surface area contributed by atoms with Crippen LogP contribution in [0.15, 0.2) is 72.8 Å². The molecule has 11 nitrogen and oxygen atoms in total. The topological polar surface area (TPSA) is 124 Å². The number of hydrogen-bond acceptors (Lipinski definition) is 11. The van der Waals surface area contributed by atoms with Crippen LogP contribution in [-0.2, 0) is 4.74 Å². The van der Waals surface area contributed by atoms with Gasteiger partial charge in [0.15, 0.2) is 46.0 Å². The maximum Gasteiger partial charge on any atom is 0.231 e. The summed E-state index contributed by atoms with van der Waals surface area (Å²) in [6.45, 7) is 8.32. The molecule has 1 saturated heterocycles. The first kappa shape index (κ1) is 34.6. The number of hydrogen-bond donors (Lipinski definition) is 2. The minimum atomic E-state index is -0.902. The van der Waals surface area contributed by atoms with Crippen LogP contribution in [0.1, 0.15) is 74.4 Å². The van der Waals surface area contributed by atoms with Gasteiger partial charge in [0.25, 0.3) is 0 Å². The van der Waals surface area contributed by atoms with Gasteiger partial charge in [-0.1, -0.05) is 38.1 Å².